The Morgan fingerprint density at radius 2 is 1.89 bits per heavy atom. The van der Waals surface area contributed by atoms with Crippen molar-refractivity contribution < 1.29 is 9.53 Å². The number of aromatic nitrogens is 3. The number of methoxy groups -OCH3 is 1. The molecule has 2 aliphatic rings. The summed E-state index contributed by atoms with van der Waals surface area (Å²) in [5, 5.41) is 14.3. The molecule has 0 unspecified atom stereocenters. The zero-order valence-corrected chi connectivity index (χ0v) is 16.3. The fourth-order valence-electron chi connectivity index (χ4n) is 4.50. The number of rotatable bonds is 3. The van der Waals surface area contributed by atoms with Crippen LogP contribution in [-0.4, -0.2) is 53.0 Å². The summed E-state index contributed by atoms with van der Waals surface area (Å²) in [6.45, 7) is 2.67. The molecule has 2 N–H and O–H groups in total. The summed E-state index contributed by atoms with van der Waals surface area (Å²) in [4.78, 5) is 15.4. The number of carbonyl (C=O) groups is 1. The lowest BCUT2D eigenvalue weighted by molar-refractivity contribution is 0.0714. The zero-order chi connectivity index (χ0) is 18.4. The minimum atomic E-state index is 0. The van der Waals surface area contributed by atoms with Gasteiger partial charge >= 0.3 is 0 Å². The quantitative estimate of drug-likeness (QED) is 0.706. The minimum Gasteiger partial charge on any atom is -0.497 e. The van der Waals surface area contributed by atoms with Crippen LogP contribution in [0, 0.1) is 11.8 Å². The molecule has 146 valence electrons. The van der Waals surface area contributed by atoms with Gasteiger partial charge in [0.25, 0.3) is 5.91 Å². The number of likely N-dealkylation sites (tertiary alicyclic amines) is 1. The van der Waals surface area contributed by atoms with Gasteiger partial charge in [-0.15, -0.1) is 12.4 Å². The molecule has 1 aromatic heterocycles. The summed E-state index contributed by atoms with van der Waals surface area (Å²) in [5.41, 5.74) is 3.29. The number of carbonyl (C=O) groups excluding carboxylic acids is 1. The van der Waals surface area contributed by atoms with Gasteiger partial charge in [0.05, 0.1) is 13.2 Å². The molecular weight excluding hydrogens is 378 g/mol. The maximum atomic E-state index is 13.4. The first-order valence-corrected chi connectivity index (χ1v) is 9.21. The van der Waals surface area contributed by atoms with E-state index in [1.54, 1.807) is 7.11 Å². The molecule has 2 fully saturated rings. The molecule has 28 heavy (non-hydrogen) atoms. The van der Waals surface area contributed by atoms with Gasteiger partial charge < -0.3 is 15.0 Å². The Hall–Kier alpha value is -2.64. The van der Waals surface area contributed by atoms with E-state index in [0.717, 1.165) is 36.5 Å². The van der Waals surface area contributed by atoms with Gasteiger partial charge in [0.1, 0.15) is 16.8 Å². The molecule has 7 nitrogen and oxygen atoms in total. The summed E-state index contributed by atoms with van der Waals surface area (Å²) in [5.74, 6) is 1.79. The summed E-state index contributed by atoms with van der Waals surface area (Å²) < 4.78 is 5.29. The lowest BCUT2D eigenvalue weighted by Crippen LogP contribution is -2.34. The number of H-pyrrole nitrogens is 1. The van der Waals surface area contributed by atoms with Gasteiger partial charge in [0, 0.05) is 31.1 Å². The second-order valence-electron chi connectivity index (χ2n) is 7.28. The maximum absolute atomic E-state index is 13.4. The Labute approximate surface area is 168 Å². The Bertz CT molecular complexity index is 990. The van der Waals surface area contributed by atoms with Crippen LogP contribution >= 0.6 is 12.4 Å². The highest BCUT2D eigenvalue weighted by Gasteiger charge is 2.46. The van der Waals surface area contributed by atoms with Crippen LogP contribution in [0.4, 0.5) is 0 Å². The van der Waals surface area contributed by atoms with E-state index < -0.39 is 0 Å². The molecule has 2 saturated heterocycles. The van der Waals surface area contributed by atoms with Crippen LogP contribution < -0.4 is 10.1 Å². The average Bonchev–Trinajstić information content (AvgIpc) is 3.42. The molecule has 2 aliphatic heterocycles. The van der Waals surface area contributed by atoms with E-state index in [2.05, 4.69) is 32.9 Å². The highest BCUT2D eigenvalue weighted by molar-refractivity contribution is 5.97. The number of nitrogens with zero attached hydrogens (tertiary/aromatic N) is 3. The van der Waals surface area contributed by atoms with Crippen molar-refractivity contribution in [3.05, 3.63) is 53.6 Å². The number of ether oxygens (including phenoxy) is 1. The van der Waals surface area contributed by atoms with Crippen molar-refractivity contribution in [2.24, 2.45) is 11.8 Å². The number of benzene rings is 2. The first kappa shape index (κ1) is 18.7. The lowest BCUT2D eigenvalue weighted by atomic mass is 9.89. The Morgan fingerprint density at radius 3 is 2.68 bits per heavy atom. The van der Waals surface area contributed by atoms with Crippen molar-refractivity contribution in [2.45, 2.75) is 6.04 Å². The Morgan fingerprint density at radius 1 is 1.11 bits per heavy atom. The van der Waals surface area contributed by atoms with Gasteiger partial charge in [-0.2, -0.15) is 15.4 Å². The standard InChI is InChI=1S/C20H21N5O2.ClH/c1-27-15-5-2-12(3-6-15)19-16-10-21-9-14(16)11-25(19)20(26)13-4-7-17-18(8-13)23-24-22-17;/h2-8,14,16,19,21H,9-11H2,1H3,(H,22,23,24);1H/t14-,16-,19-;/m0./s1. The van der Waals surface area contributed by atoms with Gasteiger partial charge in [-0.1, -0.05) is 12.1 Å². The molecule has 0 spiro atoms. The molecule has 1 amide bonds. The number of amides is 1. The molecule has 0 bridgehead atoms. The molecular formula is C20H22ClN5O2. The maximum Gasteiger partial charge on any atom is 0.254 e. The summed E-state index contributed by atoms with van der Waals surface area (Å²) in [7, 11) is 1.66. The van der Waals surface area contributed by atoms with Crippen LogP contribution in [0.3, 0.4) is 0 Å². The van der Waals surface area contributed by atoms with Crippen molar-refractivity contribution >= 4 is 29.3 Å². The normalized spacial score (nSPS) is 23.5. The van der Waals surface area contributed by atoms with E-state index in [-0.39, 0.29) is 24.4 Å². The van der Waals surface area contributed by atoms with Gasteiger partial charge in [-0.3, -0.25) is 4.79 Å². The third kappa shape index (κ3) is 3.00. The molecule has 0 aliphatic carbocycles. The SMILES string of the molecule is COc1ccc([C@H]2[C@H]3CNC[C@H]3CN2C(=O)c2ccc3n[nH]nc3c2)cc1.Cl. The predicted molar refractivity (Wildman–Crippen MR) is 108 cm³/mol. The number of halogens is 1. The highest BCUT2D eigenvalue weighted by Crippen LogP contribution is 2.43. The first-order valence-electron chi connectivity index (χ1n) is 9.21. The molecule has 5 rings (SSSR count). The molecule has 0 saturated carbocycles. The second-order valence-corrected chi connectivity index (χ2v) is 7.28. The summed E-state index contributed by atoms with van der Waals surface area (Å²) in [6.07, 6.45) is 0. The zero-order valence-electron chi connectivity index (χ0n) is 15.5. The number of hydrogen-bond acceptors (Lipinski definition) is 5. The predicted octanol–water partition coefficient (Wildman–Crippen LogP) is 2.42. The van der Waals surface area contributed by atoms with Crippen molar-refractivity contribution in [2.75, 3.05) is 26.7 Å². The number of aromatic amines is 1. The van der Waals surface area contributed by atoms with Gasteiger partial charge in [0.15, 0.2) is 0 Å². The van der Waals surface area contributed by atoms with E-state index in [0.29, 0.717) is 22.9 Å². The van der Waals surface area contributed by atoms with Crippen molar-refractivity contribution in [3.63, 3.8) is 0 Å². The summed E-state index contributed by atoms with van der Waals surface area (Å²) in [6, 6.07) is 13.6. The fourth-order valence-corrected chi connectivity index (χ4v) is 4.50. The van der Waals surface area contributed by atoms with Crippen molar-refractivity contribution in [1.29, 1.82) is 0 Å². The monoisotopic (exact) mass is 399 g/mol. The van der Waals surface area contributed by atoms with Gasteiger partial charge in [-0.05, 0) is 41.8 Å². The van der Waals surface area contributed by atoms with E-state index >= 15 is 0 Å². The molecule has 2 aromatic carbocycles. The van der Waals surface area contributed by atoms with Crippen LogP contribution in [0.15, 0.2) is 42.5 Å². The highest BCUT2D eigenvalue weighted by atomic mass is 35.5. The van der Waals surface area contributed by atoms with Crippen LogP contribution in [0.2, 0.25) is 0 Å². The van der Waals surface area contributed by atoms with E-state index in [1.807, 2.05) is 35.2 Å². The van der Waals surface area contributed by atoms with E-state index in [4.69, 9.17) is 4.74 Å². The van der Waals surface area contributed by atoms with Crippen molar-refractivity contribution in [3.8, 4) is 5.75 Å². The topological polar surface area (TPSA) is 83.1 Å². The van der Waals surface area contributed by atoms with Crippen LogP contribution in [-0.2, 0) is 0 Å². The number of hydrogen-bond donors (Lipinski definition) is 2. The molecule has 3 atom stereocenters. The third-order valence-corrected chi connectivity index (χ3v) is 5.85. The second kappa shape index (κ2) is 7.41. The molecule has 3 aromatic rings. The third-order valence-electron chi connectivity index (χ3n) is 5.85. The van der Waals surface area contributed by atoms with Crippen molar-refractivity contribution in [1.82, 2.24) is 25.6 Å². The van der Waals surface area contributed by atoms with Crippen LogP contribution in [0.25, 0.3) is 11.0 Å². The summed E-state index contributed by atoms with van der Waals surface area (Å²) >= 11 is 0. The smallest absolute Gasteiger partial charge is 0.254 e. The van der Waals surface area contributed by atoms with Gasteiger partial charge in [0.2, 0.25) is 0 Å². The molecule has 0 radical (unpaired) electrons. The largest absolute Gasteiger partial charge is 0.497 e. The molecule has 3 heterocycles. The Kier molecular flexibility index (Phi) is 4.95. The van der Waals surface area contributed by atoms with E-state index in [9.17, 15) is 4.79 Å². The van der Waals surface area contributed by atoms with Crippen LogP contribution in [0.5, 0.6) is 5.75 Å². The molecule has 8 heteroatoms. The average molecular weight is 400 g/mol. The fraction of sp³-hybridized carbons (Fsp3) is 0.350. The number of fused-ring (bicyclic) bond motifs is 2. The van der Waals surface area contributed by atoms with Gasteiger partial charge in [-0.25, -0.2) is 0 Å². The number of nitrogens with one attached hydrogen (secondary N) is 2. The minimum absolute atomic E-state index is 0. The Balaban J connectivity index is 0.00000192. The first-order chi connectivity index (χ1) is 13.2. The van der Waals surface area contributed by atoms with E-state index in [1.165, 1.54) is 0 Å². The van der Waals surface area contributed by atoms with Crippen LogP contribution in [0.1, 0.15) is 22.0 Å². The lowest BCUT2D eigenvalue weighted by Gasteiger charge is -2.28.